The molecule has 1 N–H and O–H groups in total. The number of rotatable bonds is 3. The van der Waals surface area contributed by atoms with Gasteiger partial charge in [0, 0.05) is 17.1 Å². The van der Waals surface area contributed by atoms with Gasteiger partial charge in [-0.15, -0.1) is 0 Å². The average molecular weight is 251 g/mol. The van der Waals surface area contributed by atoms with Crippen LogP contribution in [0.1, 0.15) is 16.7 Å². The maximum absolute atomic E-state index is 5.87. The molecule has 2 aromatic carbocycles. The van der Waals surface area contributed by atoms with Gasteiger partial charge in [-0.05, 0) is 43.7 Å². The molecule has 96 valence electrons. The van der Waals surface area contributed by atoms with Crippen molar-refractivity contribution in [3.8, 4) is 5.75 Å². The summed E-state index contributed by atoms with van der Waals surface area (Å²) >= 11 is 0. The van der Waals surface area contributed by atoms with Gasteiger partial charge in [-0.2, -0.15) is 0 Å². The topological polar surface area (TPSA) is 25.0 Å². The molecule has 1 aromatic heterocycles. The number of hydrogen-bond acceptors (Lipinski definition) is 1. The van der Waals surface area contributed by atoms with E-state index in [4.69, 9.17) is 4.74 Å². The van der Waals surface area contributed by atoms with E-state index in [1.165, 1.54) is 22.1 Å². The first-order chi connectivity index (χ1) is 9.20. The Labute approximate surface area is 113 Å². The summed E-state index contributed by atoms with van der Waals surface area (Å²) in [6, 6.07) is 14.7. The lowest BCUT2D eigenvalue weighted by Gasteiger charge is -2.08. The van der Waals surface area contributed by atoms with Crippen molar-refractivity contribution in [1.82, 2.24) is 4.98 Å². The molecule has 0 amide bonds. The molecule has 0 saturated heterocycles. The second-order valence-electron chi connectivity index (χ2n) is 5.01. The zero-order valence-corrected chi connectivity index (χ0v) is 11.2. The summed E-state index contributed by atoms with van der Waals surface area (Å²) in [5.41, 5.74) is 4.91. The fourth-order valence-electron chi connectivity index (χ4n) is 2.44. The highest BCUT2D eigenvalue weighted by Gasteiger charge is 2.00. The Bertz CT molecular complexity index is 692. The molecule has 0 spiro atoms. The lowest BCUT2D eigenvalue weighted by atomic mass is 10.1. The van der Waals surface area contributed by atoms with Crippen molar-refractivity contribution in [1.29, 1.82) is 0 Å². The molecule has 0 aliphatic rings. The highest BCUT2D eigenvalue weighted by Crippen LogP contribution is 2.21. The monoisotopic (exact) mass is 251 g/mol. The third-order valence-electron chi connectivity index (χ3n) is 3.21. The molecule has 0 fully saturated rings. The number of benzene rings is 2. The first kappa shape index (κ1) is 11.8. The van der Waals surface area contributed by atoms with E-state index in [1.54, 1.807) is 0 Å². The van der Waals surface area contributed by atoms with E-state index in [2.05, 4.69) is 49.2 Å². The van der Waals surface area contributed by atoms with E-state index < -0.39 is 0 Å². The van der Waals surface area contributed by atoms with Crippen LogP contribution in [0.15, 0.2) is 48.7 Å². The molecular formula is C17H17NO. The summed E-state index contributed by atoms with van der Waals surface area (Å²) in [5.74, 6) is 0.909. The van der Waals surface area contributed by atoms with E-state index in [0.29, 0.717) is 6.61 Å². The maximum Gasteiger partial charge on any atom is 0.120 e. The van der Waals surface area contributed by atoms with Gasteiger partial charge in [0.15, 0.2) is 0 Å². The molecule has 0 radical (unpaired) electrons. The number of ether oxygens (including phenoxy) is 1. The summed E-state index contributed by atoms with van der Waals surface area (Å²) in [5, 5.41) is 1.18. The Kier molecular flexibility index (Phi) is 3.00. The normalized spacial score (nSPS) is 10.8. The third kappa shape index (κ3) is 2.63. The second-order valence-corrected chi connectivity index (χ2v) is 5.01. The van der Waals surface area contributed by atoms with Gasteiger partial charge >= 0.3 is 0 Å². The lowest BCUT2D eigenvalue weighted by Crippen LogP contribution is -1.96. The van der Waals surface area contributed by atoms with Crippen LogP contribution in [-0.2, 0) is 6.61 Å². The highest BCUT2D eigenvalue weighted by atomic mass is 16.5. The van der Waals surface area contributed by atoms with Gasteiger partial charge in [0.05, 0.1) is 0 Å². The summed E-state index contributed by atoms with van der Waals surface area (Å²) in [6.07, 6.45) is 1.94. The van der Waals surface area contributed by atoms with Crippen molar-refractivity contribution < 1.29 is 4.74 Å². The summed E-state index contributed by atoms with van der Waals surface area (Å²) in [7, 11) is 0. The molecule has 2 heteroatoms. The van der Waals surface area contributed by atoms with Crippen molar-refractivity contribution in [3.63, 3.8) is 0 Å². The number of aromatic nitrogens is 1. The number of hydrogen-bond donors (Lipinski definition) is 1. The van der Waals surface area contributed by atoms with Crippen molar-refractivity contribution >= 4 is 10.9 Å². The Morgan fingerprint density at radius 3 is 2.53 bits per heavy atom. The van der Waals surface area contributed by atoms with Crippen LogP contribution in [0, 0.1) is 13.8 Å². The molecular weight excluding hydrogens is 234 g/mol. The van der Waals surface area contributed by atoms with Gasteiger partial charge in [0.25, 0.3) is 0 Å². The van der Waals surface area contributed by atoms with E-state index in [-0.39, 0.29) is 0 Å². The molecule has 0 aliphatic heterocycles. The van der Waals surface area contributed by atoms with E-state index in [9.17, 15) is 0 Å². The zero-order valence-electron chi connectivity index (χ0n) is 11.2. The molecule has 0 atom stereocenters. The fourth-order valence-corrected chi connectivity index (χ4v) is 2.44. The quantitative estimate of drug-likeness (QED) is 0.735. The number of H-pyrrole nitrogens is 1. The van der Waals surface area contributed by atoms with Gasteiger partial charge in [-0.25, -0.2) is 0 Å². The van der Waals surface area contributed by atoms with Crippen LogP contribution >= 0.6 is 0 Å². The minimum atomic E-state index is 0.610. The number of aryl methyl sites for hydroxylation is 2. The second kappa shape index (κ2) is 4.81. The highest BCUT2D eigenvalue weighted by molar-refractivity contribution is 5.80. The number of nitrogens with one attached hydrogen (secondary N) is 1. The van der Waals surface area contributed by atoms with Crippen LogP contribution in [-0.4, -0.2) is 4.98 Å². The maximum atomic E-state index is 5.87. The smallest absolute Gasteiger partial charge is 0.120 e. The molecule has 2 nitrogen and oxygen atoms in total. The molecule has 0 aliphatic carbocycles. The largest absolute Gasteiger partial charge is 0.489 e. The van der Waals surface area contributed by atoms with Crippen LogP contribution < -0.4 is 4.74 Å². The molecule has 3 rings (SSSR count). The van der Waals surface area contributed by atoms with Crippen LogP contribution in [0.25, 0.3) is 10.9 Å². The van der Waals surface area contributed by atoms with E-state index in [0.717, 1.165) is 11.3 Å². The minimum absolute atomic E-state index is 0.610. The van der Waals surface area contributed by atoms with Gasteiger partial charge in [0.1, 0.15) is 12.4 Å². The van der Waals surface area contributed by atoms with Crippen LogP contribution in [0.4, 0.5) is 0 Å². The molecule has 1 heterocycles. The summed E-state index contributed by atoms with van der Waals surface area (Å²) in [6.45, 7) is 4.84. The summed E-state index contributed by atoms with van der Waals surface area (Å²) in [4.78, 5) is 3.18. The Morgan fingerprint density at radius 2 is 1.74 bits per heavy atom. The molecule has 0 saturated carbocycles. The van der Waals surface area contributed by atoms with Gasteiger partial charge in [0.2, 0.25) is 0 Å². The van der Waals surface area contributed by atoms with Gasteiger partial charge < -0.3 is 9.72 Å². The third-order valence-corrected chi connectivity index (χ3v) is 3.21. The van der Waals surface area contributed by atoms with Crippen LogP contribution in [0.3, 0.4) is 0 Å². The predicted octanol–water partition coefficient (Wildman–Crippen LogP) is 4.36. The Morgan fingerprint density at radius 1 is 0.947 bits per heavy atom. The molecule has 0 bridgehead atoms. The average Bonchev–Trinajstić information content (AvgIpc) is 2.82. The van der Waals surface area contributed by atoms with E-state index in [1.807, 2.05) is 18.3 Å². The van der Waals surface area contributed by atoms with Crippen molar-refractivity contribution in [3.05, 3.63) is 65.4 Å². The van der Waals surface area contributed by atoms with Gasteiger partial charge in [-0.1, -0.05) is 29.3 Å². The molecule has 3 aromatic rings. The number of aromatic amines is 1. The van der Waals surface area contributed by atoms with Crippen LogP contribution in [0.5, 0.6) is 5.75 Å². The zero-order chi connectivity index (χ0) is 13.2. The first-order valence-electron chi connectivity index (χ1n) is 6.48. The molecule has 19 heavy (non-hydrogen) atoms. The van der Waals surface area contributed by atoms with Crippen molar-refractivity contribution in [2.75, 3.05) is 0 Å². The predicted molar refractivity (Wildman–Crippen MR) is 78.5 cm³/mol. The Balaban J connectivity index is 1.77. The van der Waals surface area contributed by atoms with Gasteiger partial charge in [-0.3, -0.25) is 0 Å². The SMILES string of the molecule is Cc1cc(C)cc(COc2ccc3[nH]ccc3c2)c1. The Hall–Kier alpha value is -2.22. The first-order valence-corrected chi connectivity index (χ1v) is 6.48. The summed E-state index contributed by atoms with van der Waals surface area (Å²) < 4.78 is 5.87. The lowest BCUT2D eigenvalue weighted by molar-refractivity contribution is 0.306. The standard InChI is InChI=1S/C17H17NO/c1-12-7-13(2)9-14(8-12)11-19-16-3-4-17-15(10-16)5-6-18-17/h3-10,18H,11H2,1-2H3. The van der Waals surface area contributed by atoms with E-state index >= 15 is 0 Å². The van der Waals surface area contributed by atoms with Crippen LogP contribution in [0.2, 0.25) is 0 Å². The molecule has 0 unspecified atom stereocenters. The van der Waals surface area contributed by atoms with Crippen molar-refractivity contribution in [2.24, 2.45) is 0 Å². The minimum Gasteiger partial charge on any atom is -0.489 e. The van der Waals surface area contributed by atoms with Crippen molar-refractivity contribution in [2.45, 2.75) is 20.5 Å². The fraction of sp³-hybridized carbons (Fsp3) is 0.176. The number of fused-ring (bicyclic) bond motifs is 1.